The molecule has 0 heterocycles. The molecule has 18 heavy (non-hydrogen) atoms. The lowest BCUT2D eigenvalue weighted by Crippen LogP contribution is -2.27. The molecule has 1 rings (SSSR count). The molecule has 0 bridgehead atoms. The molecule has 1 aromatic rings. The highest BCUT2D eigenvalue weighted by Crippen LogP contribution is 2.27. The number of halogens is 1. The Morgan fingerprint density at radius 3 is 2.56 bits per heavy atom. The van der Waals surface area contributed by atoms with Crippen molar-refractivity contribution in [2.24, 2.45) is 0 Å². The molecule has 1 aromatic carbocycles. The molecule has 2 unspecified atom stereocenters. The first-order chi connectivity index (χ1) is 8.45. The van der Waals surface area contributed by atoms with E-state index in [9.17, 15) is 5.11 Å². The summed E-state index contributed by atoms with van der Waals surface area (Å²) in [5.41, 5.74) is 2.13. The standard InChI is InChI=1S/C14H23ClN2O/c1-5-16-11(3)13-7-6-12(8-14(13)15)17(4)9-10(2)18/h6-8,10-11,16,18H,5,9H2,1-4H3. The van der Waals surface area contributed by atoms with Crippen LogP contribution in [0.4, 0.5) is 5.69 Å². The molecule has 0 aliphatic rings. The summed E-state index contributed by atoms with van der Waals surface area (Å²) in [6.45, 7) is 7.47. The van der Waals surface area contributed by atoms with Gasteiger partial charge in [0.1, 0.15) is 0 Å². The summed E-state index contributed by atoms with van der Waals surface area (Å²) in [6.07, 6.45) is -0.353. The number of nitrogens with one attached hydrogen (secondary N) is 1. The van der Waals surface area contributed by atoms with E-state index >= 15 is 0 Å². The fourth-order valence-corrected chi connectivity index (χ4v) is 2.36. The first-order valence-electron chi connectivity index (χ1n) is 6.37. The first kappa shape index (κ1) is 15.3. The van der Waals surface area contributed by atoms with Gasteiger partial charge >= 0.3 is 0 Å². The predicted octanol–water partition coefficient (Wildman–Crippen LogP) is 2.83. The molecule has 0 saturated carbocycles. The smallest absolute Gasteiger partial charge is 0.0686 e. The third kappa shape index (κ3) is 4.16. The fourth-order valence-electron chi connectivity index (χ4n) is 2.02. The zero-order chi connectivity index (χ0) is 13.7. The van der Waals surface area contributed by atoms with Crippen LogP contribution in [0.25, 0.3) is 0 Å². The molecule has 0 amide bonds. The molecule has 2 N–H and O–H groups in total. The lowest BCUT2D eigenvalue weighted by atomic mass is 10.1. The van der Waals surface area contributed by atoms with E-state index in [1.165, 1.54) is 0 Å². The van der Waals surface area contributed by atoms with Crippen LogP contribution in [0.2, 0.25) is 5.02 Å². The molecule has 4 heteroatoms. The van der Waals surface area contributed by atoms with Gasteiger partial charge in [0.05, 0.1) is 6.10 Å². The summed E-state index contributed by atoms with van der Waals surface area (Å²) >= 11 is 6.31. The summed E-state index contributed by atoms with van der Waals surface area (Å²) in [7, 11) is 1.95. The molecular formula is C14H23ClN2O. The summed E-state index contributed by atoms with van der Waals surface area (Å²) in [5, 5.41) is 13.5. The van der Waals surface area contributed by atoms with E-state index < -0.39 is 0 Å². The maximum absolute atomic E-state index is 9.38. The maximum atomic E-state index is 9.38. The van der Waals surface area contributed by atoms with E-state index in [0.717, 1.165) is 22.8 Å². The average Bonchev–Trinajstić information content (AvgIpc) is 2.28. The number of rotatable bonds is 6. The number of anilines is 1. The minimum Gasteiger partial charge on any atom is -0.392 e. The molecule has 0 spiro atoms. The molecule has 0 aliphatic heterocycles. The third-order valence-electron chi connectivity index (χ3n) is 2.94. The van der Waals surface area contributed by atoms with E-state index in [2.05, 4.69) is 19.2 Å². The van der Waals surface area contributed by atoms with Crippen molar-refractivity contribution >= 4 is 17.3 Å². The molecule has 2 atom stereocenters. The molecular weight excluding hydrogens is 248 g/mol. The van der Waals surface area contributed by atoms with Gasteiger partial charge in [0.25, 0.3) is 0 Å². The van der Waals surface area contributed by atoms with E-state index in [4.69, 9.17) is 11.6 Å². The van der Waals surface area contributed by atoms with Crippen molar-refractivity contribution in [2.45, 2.75) is 32.9 Å². The average molecular weight is 271 g/mol. The van der Waals surface area contributed by atoms with Crippen LogP contribution in [-0.4, -0.2) is 31.3 Å². The van der Waals surface area contributed by atoms with E-state index in [1.807, 2.05) is 30.1 Å². The molecule has 0 radical (unpaired) electrons. The highest BCUT2D eigenvalue weighted by atomic mass is 35.5. The maximum Gasteiger partial charge on any atom is 0.0686 e. The second kappa shape index (κ2) is 6.98. The molecule has 0 aliphatic carbocycles. The summed E-state index contributed by atoms with van der Waals surface area (Å²) in [6, 6.07) is 6.28. The van der Waals surface area contributed by atoms with E-state index in [0.29, 0.717) is 6.54 Å². The van der Waals surface area contributed by atoms with Crippen molar-refractivity contribution in [1.29, 1.82) is 0 Å². The van der Waals surface area contributed by atoms with Crippen molar-refractivity contribution in [1.82, 2.24) is 5.32 Å². The van der Waals surface area contributed by atoms with Gasteiger partial charge in [-0.3, -0.25) is 0 Å². The van der Waals surface area contributed by atoms with Gasteiger partial charge in [0.15, 0.2) is 0 Å². The van der Waals surface area contributed by atoms with Crippen molar-refractivity contribution in [3.05, 3.63) is 28.8 Å². The van der Waals surface area contributed by atoms with Crippen LogP contribution in [0.15, 0.2) is 18.2 Å². The Morgan fingerprint density at radius 1 is 1.39 bits per heavy atom. The van der Waals surface area contributed by atoms with E-state index in [1.54, 1.807) is 6.92 Å². The molecule has 0 saturated heterocycles. The van der Waals surface area contributed by atoms with Crippen molar-refractivity contribution in [3.63, 3.8) is 0 Å². The second-order valence-electron chi connectivity index (χ2n) is 4.71. The molecule has 0 fully saturated rings. The first-order valence-corrected chi connectivity index (χ1v) is 6.75. The number of benzene rings is 1. The third-order valence-corrected chi connectivity index (χ3v) is 3.27. The SMILES string of the molecule is CCNC(C)c1ccc(N(C)CC(C)O)cc1Cl. The Hall–Kier alpha value is -0.770. The van der Waals surface area contributed by atoms with Crippen LogP contribution in [0.3, 0.4) is 0 Å². The zero-order valence-electron chi connectivity index (χ0n) is 11.6. The Kier molecular flexibility index (Phi) is 5.93. The minimum absolute atomic E-state index is 0.249. The van der Waals surface area contributed by atoms with Gasteiger partial charge in [-0.2, -0.15) is 0 Å². The zero-order valence-corrected chi connectivity index (χ0v) is 12.3. The molecule has 102 valence electrons. The Labute approximate surface area is 115 Å². The Morgan fingerprint density at radius 2 is 2.06 bits per heavy atom. The Balaban J connectivity index is 2.85. The largest absolute Gasteiger partial charge is 0.392 e. The Bertz CT molecular complexity index is 382. The van der Waals surface area contributed by atoms with E-state index in [-0.39, 0.29) is 12.1 Å². The van der Waals surface area contributed by atoms with Crippen molar-refractivity contribution < 1.29 is 5.11 Å². The van der Waals surface area contributed by atoms with Gasteiger partial charge in [0.2, 0.25) is 0 Å². The van der Waals surface area contributed by atoms with Crippen molar-refractivity contribution in [2.75, 3.05) is 25.0 Å². The van der Waals surface area contributed by atoms with Crippen LogP contribution >= 0.6 is 11.6 Å². The fraction of sp³-hybridized carbons (Fsp3) is 0.571. The van der Waals surface area contributed by atoms with Gasteiger partial charge in [0, 0.05) is 30.3 Å². The van der Waals surface area contributed by atoms with Crippen LogP contribution in [0, 0.1) is 0 Å². The highest BCUT2D eigenvalue weighted by molar-refractivity contribution is 6.31. The highest BCUT2D eigenvalue weighted by Gasteiger charge is 2.11. The number of likely N-dealkylation sites (N-methyl/N-ethyl adjacent to an activating group) is 1. The van der Waals surface area contributed by atoms with Crippen molar-refractivity contribution in [3.8, 4) is 0 Å². The van der Waals surface area contributed by atoms with Crippen LogP contribution in [0.5, 0.6) is 0 Å². The van der Waals surface area contributed by atoms with Gasteiger partial charge in [-0.25, -0.2) is 0 Å². The number of hydrogen-bond donors (Lipinski definition) is 2. The second-order valence-corrected chi connectivity index (χ2v) is 5.12. The lowest BCUT2D eigenvalue weighted by Gasteiger charge is -2.22. The monoisotopic (exact) mass is 270 g/mol. The van der Waals surface area contributed by atoms with Gasteiger partial charge in [-0.1, -0.05) is 24.6 Å². The summed E-state index contributed by atoms with van der Waals surface area (Å²) in [5.74, 6) is 0. The van der Waals surface area contributed by atoms with Crippen LogP contribution < -0.4 is 10.2 Å². The number of hydrogen-bond acceptors (Lipinski definition) is 3. The summed E-state index contributed by atoms with van der Waals surface area (Å²) in [4.78, 5) is 2.00. The van der Waals surface area contributed by atoms with Crippen LogP contribution in [0.1, 0.15) is 32.4 Å². The number of aliphatic hydroxyl groups excluding tert-OH is 1. The predicted molar refractivity (Wildman–Crippen MR) is 78.5 cm³/mol. The number of nitrogens with zero attached hydrogens (tertiary/aromatic N) is 1. The van der Waals surface area contributed by atoms with Gasteiger partial charge < -0.3 is 15.3 Å². The molecule has 3 nitrogen and oxygen atoms in total. The van der Waals surface area contributed by atoms with Gasteiger partial charge in [-0.05, 0) is 38.1 Å². The quantitative estimate of drug-likeness (QED) is 0.834. The topological polar surface area (TPSA) is 35.5 Å². The number of aliphatic hydroxyl groups is 1. The molecule has 0 aromatic heterocycles. The lowest BCUT2D eigenvalue weighted by molar-refractivity contribution is 0.201. The van der Waals surface area contributed by atoms with Gasteiger partial charge in [-0.15, -0.1) is 0 Å². The minimum atomic E-state index is -0.353. The summed E-state index contributed by atoms with van der Waals surface area (Å²) < 4.78 is 0. The normalized spacial score (nSPS) is 14.3. The van der Waals surface area contributed by atoms with Crippen LogP contribution in [-0.2, 0) is 0 Å².